The van der Waals surface area contributed by atoms with Crippen molar-refractivity contribution in [3.05, 3.63) is 34.9 Å². The van der Waals surface area contributed by atoms with Crippen LogP contribution < -0.4 is 0 Å². The van der Waals surface area contributed by atoms with Gasteiger partial charge in [-0.1, -0.05) is 23.7 Å². The fraction of sp³-hybridized carbons (Fsp3) is 0.417. The van der Waals surface area contributed by atoms with Crippen LogP contribution >= 0.6 is 11.6 Å². The number of aliphatic carboxylic acids is 1. The monoisotopic (exact) mass is 256 g/mol. The van der Waals surface area contributed by atoms with E-state index in [-0.39, 0.29) is 0 Å². The minimum absolute atomic E-state index is 0.596. The summed E-state index contributed by atoms with van der Waals surface area (Å²) in [5, 5.41) is 9.70. The van der Waals surface area contributed by atoms with Gasteiger partial charge in [-0.25, -0.2) is 4.79 Å². The number of rotatable bonds is 2. The molecule has 2 rings (SSSR count). The molecule has 2 unspecified atom stereocenters. The third-order valence-corrected chi connectivity index (χ3v) is 2.79. The minimum Gasteiger partial charge on any atom is -0.479 e. The lowest BCUT2D eigenvalue weighted by Gasteiger charge is -2.16. The second kappa shape index (κ2) is 4.29. The second-order valence-corrected chi connectivity index (χ2v) is 4.80. The maximum atomic E-state index is 11.1. The topological polar surface area (TPSA) is 55.8 Å². The molecule has 1 aliphatic rings. The normalized spacial score (nSPS) is 27.0. The molecule has 1 heterocycles. The summed E-state index contributed by atoms with van der Waals surface area (Å²) in [6.45, 7) is 3.39. The van der Waals surface area contributed by atoms with Crippen molar-refractivity contribution in [1.82, 2.24) is 0 Å². The largest absolute Gasteiger partial charge is 0.479 e. The van der Waals surface area contributed by atoms with Gasteiger partial charge in [0.15, 0.2) is 11.9 Å². The van der Waals surface area contributed by atoms with Crippen LogP contribution in [0.3, 0.4) is 0 Å². The molecule has 0 spiro atoms. The van der Waals surface area contributed by atoms with Gasteiger partial charge in [-0.05, 0) is 31.5 Å². The van der Waals surface area contributed by atoms with E-state index < -0.39 is 24.0 Å². The molecule has 0 radical (unpaired) electrons. The zero-order chi connectivity index (χ0) is 12.6. The molecule has 0 amide bonds. The van der Waals surface area contributed by atoms with Gasteiger partial charge in [0, 0.05) is 5.02 Å². The van der Waals surface area contributed by atoms with Crippen LogP contribution in [0.2, 0.25) is 5.02 Å². The lowest BCUT2D eigenvalue weighted by atomic mass is 10.0. The first-order valence-corrected chi connectivity index (χ1v) is 5.61. The molecule has 0 aliphatic carbocycles. The van der Waals surface area contributed by atoms with Crippen LogP contribution in [0, 0.1) is 0 Å². The summed E-state index contributed by atoms with van der Waals surface area (Å²) in [5.74, 6) is -1.93. The van der Waals surface area contributed by atoms with E-state index in [2.05, 4.69) is 0 Å². The Bertz CT molecular complexity index is 427. The number of carboxylic acids is 1. The summed E-state index contributed by atoms with van der Waals surface area (Å²) >= 11 is 5.78. The van der Waals surface area contributed by atoms with Crippen LogP contribution in [0.1, 0.15) is 25.5 Å². The van der Waals surface area contributed by atoms with E-state index in [9.17, 15) is 4.79 Å². The van der Waals surface area contributed by atoms with Gasteiger partial charge in [0.1, 0.15) is 6.10 Å². The average molecular weight is 257 g/mol. The highest BCUT2D eigenvalue weighted by atomic mass is 35.5. The fourth-order valence-electron chi connectivity index (χ4n) is 1.84. The third-order valence-electron chi connectivity index (χ3n) is 2.54. The standard InChI is InChI=1S/C12H13ClO4/c1-12(2)16-9(10(17-12)11(14)15)7-3-5-8(13)6-4-7/h3-6,9-10H,1-2H3,(H,14,15). The smallest absolute Gasteiger partial charge is 0.336 e. The first-order valence-electron chi connectivity index (χ1n) is 5.23. The van der Waals surface area contributed by atoms with E-state index in [1.165, 1.54) is 0 Å². The third kappa shape index (κ3) is 2.60. The van der Waals surface area contributed by atoms with Crippen LogP contribution in [0.4, 0.5) is 0 Å². The zero-order valence-electron chi connectivity index (χ0n) is 9.51. The van der Waals surface area contributed by atoms with Crippen LogP contribution in [0.5, 0.6) is 0 Å². The van der Waals surface area contributed by atoms with Gasteiger partial charge in [-0.3, -0.25) is 0 Å². The van der Waals surface area contributed by atoms with Crippen molar-refractivity contribution in [2.75, 3.05) is 0 Å². The highest BCUT2D eigenvalue weighted by molar-refractivity contribution is 6.30. The number of benzene rings is 1. The van der Waals surface area contributed by atoms with Crippen molar-refractivity contribution in [1.29, 1.82) is 0 Å². The van der Waals surface area contributed by atoms with Gasteiger partial charge in [-0.2, -0.15) is 0 Å². The Kier molecular flexibility index (Phi) is 3.12. The van der Waals surface area contributed by atoms with Crippen molar-refractivity contribution in [3.63, 3.8) is 0 Å². The van der Waals surface area contributed by atoms with E-state index in [0.29, 0.717) is 5.02 Å². The maximum Gasteiger partial charge on any atom is 0.336 e. The molecule has 1 aliphatic heterocycles. The summed E-state index contributed by atoms with van der Waals surface area (Å²) in [6, 6.07) is 6.89. The summed E-state index contributed by atoms with van der Waals surface area (Å²) in [7, 11) is 0. The Morgan fingerprint density at radius 1 is 1.29 bits per heavy atom. The summed E-state index contributed by atoms with van der Waals surface area (Å²) in [5.41, 5.74) is 0.743. The van der Waals surface area contributed by atoms with Crippen LogP contribution in [-0.2, 0) is 14.3 Å². The predicted molar refractivity (Wildman–Crippen MR) is 61.9 cm³/mol. The summed E-state index contributed by atoms with van der Waals surface area (Å²) in [6.07, 6.45) is -1.61. The highest BCUT2D eigenvalue weighted by Gasteiger charge is 2.46. The molecule has 17 heavy (non-hydrogen) atoms. The number of carboxylic acid groups (broad SMARTS) is 1. The molecule has 0 bridgehead atoms. The molecular formula is C12H13ClO4. The first kappa shape index (κ1) is 12.4. The van der Waals surface area contributed by atoms with Crippen LogP contribution in [0.25, 0.3) is 0 Å². The molecule has 2 atom stereocenters. The van der Waals surface area contributed by atoms with Crippen molar-refractivity contribution in [2.24, 2.45) is 0 Å². The van der Waals surface area contributed by atoms with Gasteiger partial charge in [0.2, 0.25) is 0 Å². The van der Waals surface area contributed by atoms with Gasteiger partial charge in [-0.15, -0.1) is 0 Å². The van der Waals surface area contributed by atoms with Crippen molar-refractivity contribution in [3.8, 4) is 0 Å². The second-order valence-electron chi connectivity index (χ2n) is 4.37. The lowest BCUT2D eigenvalue weighted by molar-refractivity contribution is -0.165. The van der Waals surface area contributed by atoms with E-state index in [1.54, 1.807) is 38.1 Å². The maximum absolute atomic E-state index is 11.1. The predicted octanol–water partition coefficient (Wildman–Crippen LogP) is 2.62. The molecule has 92 valence electrons. The molecule has 5 heteroatoms. The van der Waals surface area contributed by atoms with Crippen LogP contribution in [0.15, 0.2) is 24.3 Å². The Morgan fingerprint density at radius 2 is 1.88 bits per heavy atom. The molecule has 1 fully saturated rings. The van der Waals surface area contributed by atoms with E-state index in [1.807, 2.05) is 0 Å². The zero-order valence-corrected chi connectivity index (χ0v) is 10.3. The van der Waals surface area contributed by atoms with E-state index in [4.69, 9.17) is 26.2 Å². The SMILES string of the molecule is CC1(C)OC(C(=O)O)C(c2ccc(Cl)cc2)O1. The molecule has 1 aromatic carbocycles. The van der Waals surface area contributed by atoms with Crippen molar-refractivity contribution in [2.45, 2.75) is 31.8 Å². The molecule has 1 saturated heterocycles. The van der Waals surface area contributed by atoms with E-state index in [0.717, 1.165) is 5.56 Å². The minimum atomic E-state index is -1.03. The van der Waals surface area contributed by atoms with Crippen LogP contribution in [-0.4, -0.2) is 23.0 Å². The fourth-order valence-corrected chi connectivity index (χ4v) is 1.96. The first-order chi connectivity index (χ1) is 7.89. The van der Waals surface area contributed by atoms with Crippen molar-refractivity contribution >= 4 is 17.6 Å². The Balaban J connectivity index is 2.30. The highest BCUT2D eigenvalue weighted by Crippen LogP contribution is 2.38. The Morgan fingerprint density at radius 3 is 2.41 bits per heavy atom. The molecule has 4 nitrogen and oxygen atoms in total. The Labute approximate surface area is 104 Å². The number of carbonyl (C=O) groups is 1. The van der Waals surface area contributed by atoms with Gasteiger partial charge in [0.05, 0.1) is 0 Å². The van der Waals surface area contributed by atoms with Crippen molar-refractivity contribution < 1.29 is 19.4 Å². The molecule has 1 aromatic rings. The van der Waals surface area contributed by atoms with Gasteiger partial charge < -0.3 is 14.6 Å². The molecule has 0 saturated carbocycles. The Hall–Kier alpha value is -1.10. The number of ether oxygens (including phenoxy) is 2. The molecule has 1 N–H and O–H groups in total. The molecule has 0 aromatic heterocycles. The quantitative estimate of drug-likeness (QED) is 0.884. The summed E-state index contributed by atoms with van der Waals surface area (Å²) < 4.78 is 11.0. The summed E-state index contributed by atoms with van der Waals surface area (Å²) in [4.78, 5) is 11.1. The lowest BCUT2D eigenvalue weighted by Crippen LogP contribution is -2.27. The van der Waals surface area contributed by atoms with Gasteiger partial charge in [0.25, 0.3) is 0 Å². The van der Waals surface area contributed by atoms with E-state index >= 15 is 0 Å². The molecular weight excluding hydrogens is 244 g/mol. The van der Waals surface area contributed by atoms with Gasteiger partial charge >= 0.3 is 5.97 Å². The number of hydrogen-bond acceptors (Lipinski definition) is 3. The average Bonchev–Trinajstić information content (AvgIpc) is 2.56. The number of hydrogen-bond donors (Lipinski definition) is 1. The number of halogens is 1.